The van der Waals surface area contributed by atoms with Gasteiger partial charge in [0.05, 0.1) is 0 Å². The summed E-state index contributed by atoms with van der Waals surface area (Å²) < 4.78 is 32.4. The number of aryl methyl sites for hydroxylation is 1. The van der Waals surface area contributed by atoms with E-state index in [0.29, 0.717) is 12.3 Å². The summed E-state index contributed by atoms with van der Waals surface area (Å²) in [7, 11) is 0. The molecule has 0 saturated heterocycles. The summed E-state index contributed by atoms with van der Waals surface area (Å²) in [6.45, 7) is 3.98. The number of benzene rings is 1. The summed E-state index contributed by atoms with van der Waals surface area (Å²) in [6.07, 6.45) is 0.729. The zero-order valence-electron chi connectivity index (χ0n) is 11.7. The molecule has 0 fully saturated rings. The maximum atomic E-state index is 13.8. The van der Waals surface area contributed by atoms with Crippen LogP contribution in [0, 0.1) is 18.6 Å². The molecule has 0 saturated carbocycles. The van der Waals surface area contributed by atoms with Crippen molar-refractivity contribution < 1.29 is 18.1 Å². The van der Waals surface area contributed by atoms with E-state index in [9.17, 15) is 13.6 Å². The van der Waals surface area contributed by atoms with Crippen molar-refractivity contribution in [2.45, 2.75) is 20.3 Å². The molecule has 5 nitrogen and oxygen atoms in total. The molecule has 2 aromatic rings. The Bertz CT molecular complexity index is 632. The van der Waals surface area contributed by atoms with Crippen molar-refractivity contribution >= 4 is 17.4 Å². The van der Waals surface area contributed by atoms with Crippen molar-refractivity contribution in [2.75, 3.05) is 17.2 Å². The van der Waals surface area contributed by atoms with Crippen LogP contribution in [0.25, 0.3) is 0 Å². The number of nitrogens with zero attached hydrogens (tertiary/aromatic N) is 1. The van der Waals surface area contributed by atoms with Gasteiger partial charge in [0.15, 0.2) is 5.82 Å². The Balaban J connectivity index is 2.18. The molecule has 0 radical (unpaired) electrons. The summed E-state index contributed by atoms with van der Waals surface area (Å²) in [4.78, 5) is 11.9. The number of rotatable bonds is 5. The van der Waals surface area contributed by atoms with Crippen LogP contribution in [0.15, 0.2) is 22.7 Å². The summed E-state index contributed by atoms with van der Waals surface area (Å²) in [5.74, 6) is -1.59. The molecule has 0 aliphatic heterocycles. The largest absolute Gasteiger partial charge is 0.380 e. The zero-order valence-corrected chi connectivity index (χ0v) is 11.7. The van der Waals surface area contributed by atoms with Gasteiger partial charge in [-0.3, -0.25) is 4.79 Å². The minimum atomic E-state index is -0.815. The summed E-state index contributed by atoms with van der Waals surface area (Å²) >= 11 is 0. The minimum absolute atomic E-state index is 0.132. The lowest BCUT2D eigenvalue weighted by Crippen LogP contribution is -2.14. The molecule has 1 aromatic carbocycles. The van der Waals surface area contributed by atoms with Crippen molar-refractivity contribution in [1.82, 2.24) is 5.16 Å². The van der Waals surface area contributed by atoms with Gasteiger partial charge in [0, 0.05) is 18.2 Å². The molecule has 2 N–H and O–H groups in total. The van der Waals surface area contributed by atoms with E-state index in [0.717, 1.165) is 18.6 Å². The third-order valence-electron chi connectivity index (χ3n) is 2.73. The van der Waals surface area contributed by atoms with Gasteiger partial charge in [0.2, 0.25) is 0 Å². The predicted molar refractivity (Wildman–Crippen MR) is 74.3 cm³/mol. The number of amides is 1. The molecule has 1 aromatic heterocycles. The maximum absolute atomic E-state index is 13.8. The first-order valence-electron chi connectivity index (χ1n) is 6.49. The van der Waals surface area contributed by atoms with Gasteiger partial charge in [-0.15, -0.1) is 0 Å². The fraction of sp³-hybridized carbons (Fsp3) is 0.286. The highest BCUT2D eigenvalue weighted by Gasteiger charge is 2.16. The van der Waals surface area contributed by atoms with Crippen LogP contribution in [0.2, 0.25) is 0 Å². The summed E-state index contributed by atoms with van der Waals surface area (Å²) in [5.41, 5.74) is -0.363. The number of hydrogen-bond donors (Lipinski definition) is 2. The van der Waals surface area contributed by atoms with Crippen molar-refractivity contribution in [3.63, 3.8) is 0 Å². The second-order valence-corrected chi connectivity index (χ2v) is 4.52. The monoisotopic (exact) mass is 295 g/mol. The van der Waals surface area contributed by atoms with Gasteiger partial charge in [-0.25, -0.2) is 8.78 Å². The second kappa shape index (κ2) is 6.34. The standard InChI is InChI=1S/C14H15F2N3O2/c1-3-4-17-13-10(15)6-9(7-11(13)16)14(20)18-12-5-8(2)21-19-12/h5-7,17H,3-4H2,1-2H3,(H,18,19,20). The third-order valence-corrected chi connectivity index (χ3v) is 2.73. The Kier molecular flexibility index (Phi) is 4.52. The number of carbonyl (C=O) groups excluding carboxylic acids is 1. The molecule has 2 rings (SSSR count). The van der Waals surface area contributed by atoms with E-state index in [-0.39, 0.29) is 17.1 Å². The van der Waals surface area contributed by atoms with Crippen LogP contribution in [-0.4, -0.2) is 17.6 Å². The lowest BCUT2D eigenvalue weighted by atomic mass is 10.1. The minimum Gasteiger partial charge on any atom is -0.380 e. The van der Waals surface area contributed by atoms with Gasteiger partial charge >= 0.3 is 0 Å². The van der Waals surface area contributed by atoms with E-state index in [4.69, 9.17) is 4.52 Å². The third kappa shape index (κ3) is 3.56. The van der Waals surface area contributed by atoms with Gasteiger partial charge in [-0.05, 0) is 25.5 Å². The molecule has 0 aliphatic rings. The SMILES string of the molecule is CCCNc1c(F)cc(C(=O)Nc2cc(C)on2)cc1F. The van der Waals surface area contributed by atoms with Gasteiger partial charge in [-0.2, -0.15) is 0 Å². The second-order valence-electron chi connectivity index (χ2n) is 4.52. The quantitative estimate of drug-likeness (QED) is 0.887. The average molecular weight is 295 g/mol. The van der Waals surface area contributed by atoms with Crippen molar-refractivity contribution in [3.05, 3.63) is 41.2 Å². The summed E-state index contributed by atoms with van der Waals surface area (Å²) in [5, 5.41) is 8.62. The van der Waals surface area contributed by atoms with E-state index in [2.05, 4.69) is 15.8 Å². The molecule has 0 bridgehead atoms. The van der Waals surface area contributed by atoms with Gasteiger partial charge < -0.3 is 15.2 Å². The van der Waals surface area contributed by atoms with Crippen molar-refractivity contribution in [2.24, 2.45) is 0 Å². The lowest BCUT2D eigenvalue weighted by molar-refractivity contribution is 0.102. The van der Waals surface area contributed by atoms with Crippen molar-refractivity contribution in [3.8, 4) is 0 Å². The van der Waals surface area contributed by atoms with Crippen LogP contribution in [-0.2, 0) is 0 Å². The molecule has 0 aliphatic carbocycles. The highest BCUT2D eigenvalue weighted by atomic mass is 19.1. The van der Waals surface area contributed by atoms with Gasteiger partial charge in [0.1, 0.15) is 23.1 Å². The molecule has 0 unspecified atom stereocenters. The van der Waals surface area contributed by atoms with Gasteiger partial charge in [-0.1, -0.05) is 12.1 Å². The zero-order chi connectivity index (χ0) is 15.4. The van der Waals surface area contributed by atoms with E-state index in [1.807, 2.05) is 6.92 Å². The van der Waals surface area contributed by atoms with E-state index < -0.39 is 17.5 Å². The number of hydrogen-bond acceptors (Lipinski definition) is 4. The molecule has 112 valence electrons. The number of nitrogens with one attached hydrogen (secondary N) is 2. The molecule has 0 atom stereocenters. The highest BCUT2D eigenvalue weighted by Crippen LogP contribution is 2.21. The van der Waals surface area contributed by atoms with Crippen LogP contribution in [0.4, 0.5) is 20.3 Å². The Morgan fingerprint density at radius 3 is 2.48 bits per heavy atom. The predicted octanol–water partition coefficient (Wildman–Crippen LogP) is 3.34. The molecule has 1 amide bonds. The number of carbonyl (C=O) groups is 1. The number of aromatic nitrogens is 1. The molecular formula is C14H15F2N3O2. The highest BCUT2D eigenvalue weighted by molar-refractivity contribution is 6.04. The number of halogens is 2. The molecule has 1 heterocycles. The first-order chi connectivity index (χ1) is 10.0. The van der Waals surface area contributed by atoms with E-state index >= 15 is 0 Å². The topological polar surface area (TPSA) is 67.2 Å². The first kappa shape index (κ1) is 15.0. The van der Waals surface area contributed by atoms with E-state index in [1.165, 1.54) is 6.07 Å². The van der Waals surface area contributed by atoms with E-state index in [1.54, 1.807) is 6.92 Å². The normalized spacial score (nSPS) is 10.5. The summed E-state index contributed by atoms with van der Waals surface area (Å²) in [6, 6.07) is 3.45. The Morgan fingerprint density at radius 1 is 1.29 bits per heavy atom. The number of anilines is 2. The Hall–Kier alpha value is -2.44. The Labute approximate surface area is 120 Å². The fourth-order valence-corrected chi connectivity index (χ4v) is 1.74. The molecular weight excluding hydrogens is 280 g/mol. The van der Waals surface area contributed by atoms with Crippen LogP contribution < -0.4 is 10.6 Å². The van der Waals surface area contributed by atoms with Crippen LogP contribution >= 0.6 is 0 Å². The van der Waals surface area contributed by atoms with Gasteiger partial charge in [0.25, 0.3) is 5.91 Å². The van der Waals surface area contributed by atoms with Crippen molar-refractivity contribution in [1.29, 1.82) is 0 Å². The van der Waals surface area contributed by atoms with Crippen LogP contribution in [0.1, 0.15) is 29.5 Å². The molecule has 0 spiro atoms. The lowest BCUT2D eigenvalue weighted by Gasteiger charge is -2.09. The Morgan fingerprint density at radius 2 is 1.95 bits per heavy atom. The molecule has 21 heavy (non-hydrogen) atoms. The average Bonchev–Trinajstić information content (AvgIpc) is 2.83. The first-order valence-corrected chi connectivity index (χ1v) is 6.49. The molecule has 7 heteroatoms. The van der Waals surface area contributed by atoms with Crippen LogP contribution in [0.5, 0.6) is 0 Å². The maximum Gasteiger partial charge on any atom is 0.257 e. The smallest absolute Gasteiger partial charge is 0.257 e. The fourth-order valence-electron chi connectivity index (χ4n) is 1.74. The van der Waals surface area contributed by atoms with Crippen LogP contribution in [0.3, 0.4) is 0 Å².